The first-order valence-corrected chi connectivity index (χ1v) is 14.1. The number of H-pyrrole nitrogens is 1. The molecule has 184 valence electrons. The first-order chi connectivity index (χ1) is 17.6. The van der Waals surface area contributed by atoms with Crippen molar-refractivity contribution in [2.24, 2.45) is 17.8 Å². The molecule has 36 heavy (non-hydrogen) atoms. The van der Waals surface area contributed by atoms with Crippen LogP contribution in [0.3, 0.4) is 0 Å². The van der Waals surface area contributed by atoms with Crippen LogP contribution in [0.15, 0.2) is 59.9 Å². The summed E-state index contributed by atoms with van der Waals surface area (Å²) in [7, 11) is 0. The Labute approximate surface area is 219 Å². The number of carbonyl (C=O) groups is 1. The lowest BCUT2D eigenvalue weighted by atomic mass is 9.53. The molecule has 8 rings (SSSR count). The lowest BCUT2D eigenvalue weighted by molar-refractivity contribution is -0.124. The molecule has 0 saturated heterocycles. The molecule has 8 heteroatoms. The summed E-state index contributed by atoms with van der Waals surface area (Å²) >= 11 is 7.62. The fourth-order valence-electron chi connectivity index (χ4n) is 7.34. The number of carbonyl (C=O) groups excluding carboxylic acids is 1. The maximum atomic E-state index is 13.2. The number of para-hydroxylation sites is 1. The van der Waals surface area contributed by atoms with Crippen LogP contribution in [-0.2, 0) is 4.79 Å². The van der Waals surface area contributed by atoms with Crippen molar-refractivity contribution in [3.63, 3.8) is 0 Å². The Hall–Kier alpha value is -2.77. The van der Waals surface area contributed by atoms with Crippen LogP contribution in [0.4, 0.5) is 0 Å². The Kier molecular flexibility index (Phi) is 5.40. The fraction of sp³-hybridized carbons (Fsp3) is 0.393. The van der Waals surface area contributed by atoms with E-state index >= 15 is 0 Å². The topological polar surface area (TPSA) is 75.6 Å². The zero-order valence-corrected chi connectivity index (χ0v) is 21.5. The number of thioether (sulfide) groups is 1. The van der Waals surface area contributed by atoms with E-state index in [0.717, 1.165) is 65.0 Å². The monoisotopic (exact) mass is 517 g/mol. The second-order valence-corrected chi connectivity index (χ2v) is 12.3. The van der Waals surface area contributed by atoms with Gasteiger partial charge in [-0.2, -0.15) is 0 Å². The van der Waals surface area contributed by atoms with Crippen LogP contribution < -0.4 is 5.32 Å². The van der Waals surface area contributed by atoms with E-state index < -0.39 is 0 Å². The van der Waals surface area contributed by atoms with Gasteiger partial charge in [-0.25, -0.2) is 0 Å². The molecule has 4 aliphatic carbocycles. The van der Waals surface area contributed by atoms with Crippen molar-refractivity contribution in [3.8, 4) is 17.1 Å². The van der Waals surface area contributed by atoms with Crippen LogP contribution in [0, 0.1) is 17.8 Å². The molecule has 4 aromatic rings. The molecule has 0 unspecified atom stereocenters. The van der Waals surface area contributed by atoms with E-state index in [1.807, 2.05) is 53.2 Å². The average molecular weight is 518 g/mol. The molecule has 0 atom stereocenters. The van der Waals surface area contributed by atoms with Crippen LogP contribution >= 0.6 is 23.4 Å². The van der Waals surface area contributed by atoms with E-state index in [4.69, 9.17) is 11.6 Å². The molecule has 4 aliphatic rings. The molecule has 4 bridgehead atoms. The number of nitrogens with one attached hydrogen (secondary N) is 2. The van der Waals surface area contributed by atoms with Crippen LogP contribution in [0.5, 0.6) is 0 Å². The third-order valence-corrected chi connectivity index (χ3v) is 9.50. The minimum Gasteiger partial charge on any atom is -0.360 e. The van der Waals surface area contributed by atoms with E-state index in [0.29, 0.717) is 15.9 Å². The fourth-order valence-corrected chi connectivity index (χ4v) is 8.22. The van der Waals surface area contributed by atoms with Crippen molar-refractivity contribution in [3.05, 3.63) is 59.8 Å². The number of rotatable bonds is 6. The summed E-state index contributed by atoms with van der Waals surface area (Å²) < 4.78 is 2.02. The van der Waals surface area contributed by atoms with Gasteiger partial charge in [0.1, 0.15) is 0 Å². The van der Waals surface area contributed by atoms with Crippen LogP contribution in [0.2, 0.25) is 5.02 Å². The number of aromatic amines is 1. The molecular formula is C28H28ClN5OS. The summed E-state index contributed by atoms with van der Waals surface area (Å²) in [5, 5.41) is 15.0. The van der Waals surface area contributed by atoms with Crippen molar-refractivity contribution >= 4 is 40.2 Å². The normalized spacial score (nSPS) is 26.5. The molecular weight excluding hydrogens is 490 g/mol. The third-order valence-electron chi connectivity index (χ3n) is 8.32. The SMILES string of the molecule is O=C(CSc1nnc(-c2c[nH]c3ccccc23)n1-c1ccc(Cl)cc1)NC12CC3CC(CC(C3)C1)C2. The summed E-state index contributed by atoms with van der Waals surface area (Å²) in [5.74, 6) is 3.56. The van der Waals surface area contributed by atoms with E-state index in [2.05, 4.69) is 26.6 Å². The highest BCUT2D eigenvalue weighted by Gasteiger charge is 2.51. The molecule has 6 nitrogen and oxygen atoms in total. The lowest BCUT2D eigenvalue weighted by Gasteiger charge is -2.56. The van der Waals surface area contributed by atoms with E-state index in [-0.39, 0.29) is 11.4 Å². The second-order valence-electron chi connectivity index (χ2n) is 10.9. The van der Waals surface area contributed by atoms with Crippen molar-refractivity contribution < 1.29 is 4.79 Å². The Balaban J connectivity index is 1.16. The Morgan fingerprint density at radius 3 is 2.44 bits per heavy atom. The predicted molar refractivity (Wildman–Crippen MR) is 143 cm³/mol. The number of hydrogen-bond acceptors (Lipinski definition) is 4. The summed E-state index contributed by atoms with van der Waals surface area (Å²) in [5.41, 5.74) is 2.94. The number of amides is 1. The molecule has 4 fully saturated rings. The molecule has 0 radical (unpaired) electrons. The van der Waals surface area contributed by atoms with E-state index in [1.165, 1.54) is 31.0 Å². The molecule has 4 saturated carbocycles. The smallest absolute Gasteiger partial charge is 0.230 e. The van der Waals surface area contributed by atoms with Crippen LogP contribution in [-0.4, -0.2) is 36.9 Å². The summed E-state index contributed by atoms with van der Waals surface area (Å²) in [6.45, 7) is 0. The molecule has 0 spiro atoms. The van der Waals surface area contributed by atoms with Gasteiger partial charge < -0.3 is 10.3 Å². The average Bonchev–Trinajstić information content (AvgIpc) is 3.46. The van der Waals surface area contributed by atoms with Gasteiger partial charge in [0.2, 0.25) is 5.91 Å². The summed E-state index contributed by atoms with van der Waals surface area (Å²) in [6, 6.07) is 15.8. The van der Waals surface area contributed by atoms with Crippen molar-refractivity contribution in [2.45, 2.75) is 49.2 Å². The largest absolute Gasteiger partial charge is 0.360 e. The number of benzene rings is 2. The lowest BCUT2D eigenvalue weighted by Crippen LogP contribution is -2.60. The summed E-state index contributed by atoms with van der Waals surface area (Å²) in [6.07, 6.45) is 9.53. The van der Waals surface area contributed by atoms with Gasteiger partial charge >= 0.3 is 0 Å². The standard InChI is InChI=1S/C28H28ClN5OS/c29-20-5-7-21(8-6-20)34-26(23-15-30-24-4-2-1-3-22(23)24)32-33-27(34)36-16-25(35)31-28-12-17-9-18(13-28)11-19(10-17)14-28/h1-8,15,17-19,30H,9-14,16H2,(H,31,35). The molecule has 2 aromatic carbocycles. The molecule has 2 heterocycles. The number of nitrogens with zero attached hydrogens (tertiary/aromatic N) is 3. The second kappa shape index (κ2) is 8.67. The van der Waals surface area contributed by atoms with Crippen molar-refractivity contribution in [1.82, 2.24) is 25.1 Å². The van der Waals surface area contributed by atoms with Gasteiger partial charge in [0.05, 0.1) is 5.75 Å². The zero-order valence-electron chi connectivity index (χ0n) is 19.9. The third kappa shape index (κ3) is 3.93. The molecule has 1 amide bonds. The van der Waals surface area contributed by atoms with Gasteiger partial charge in [0.15, 0.2) is 11.0 Å². The predicted octanol–water partition coefficient (Wildman–Crippen LogP) is 6.25. The highest BCUT2D eigenvalue weighted by atomic mass is 35.5. The highest BCUT2D eigenvalue weighted by Crippen LogP contribution is 2.55. The molecule has 0 aliphatic heterocycles. The minimum atomic E-state index is 0.0193. The number of halogens is 1. The Bertz CT molecular complexity index is 1410. The maximum Gasteiger partial charge on any atom is 0.230 e. The van der Waals surface area contributed by atoms with Gasteiger partial charge in [-0.15, -0.1) is 10.2 Å². The van der Waals surface area contributed by atoms with Crippen LogP contribution in [0.25, 0.3) is 28.0 Å². The quantitative estimate of drug-likeness (QED) is 0.296. The van der Waals surface area contributed by atoms with Crippen molar-refractivity contribution in [2.75, 3.05) is 5.75 Å². The highest BCUT2D eigenvalue weighted by molar-refractivity contribution is 7.99. The van der Waals surface area contributed by atoms with Gasteiger partial charge in [-0.05, 0) is 86.6 Å². The van der Waals surface area contributed by atoms with Gasteiger partial charge in [-0.3, -0.25) is 9.36 Å². The van der Waals surface area contributed by atoms with Gasteiger partial charge in [0, 0.05) is 38.9 Å². The van der Waals surface area contributed by atoms with Gasteiger partial charge in [0.25, 0.3) is 0 Å². The van der Waals surface area contributed by atoms with E-state index in [1.54, 1.807) is 0 Å². The number of aromatic nitrogens is 4. The maximum absolute atomic E-state index is 13.2. The minimum absolute atomic E-state index is 0.0193. The van der Waals surface area contributed by atoms with Gasteiger partial charge in [-0.1, -0.05) is 41.6 Å². The van der Waals surface area contributed by atoms with Crippen molar-refractivity contribution in [1.29, 1.82) is 0 Å². The first-order valence-electron chi connectivity index (χ1n) is 12.8. The van der Waals surface area contributed by atoms with E-state index in [9.17, 15) is 4.79 Å². The molecule has 2 N–H and O–H groups in total. The Morgan fingerprint density at radius 2 is 1.72 bits per heavy atom. The Morgan fingerprint density at radius 1 is 1.03 bits per heavy atom. The molecule has 2 aromatic heterocycles. The number of hydrogen-bond donors (Lipinski definition) is 2. The summed E-state index contributed by atoms with van der Waals surface area (Å²) in [4.78, 5) is 16.5. The zero-order chi connectivity index (χ0) is 24.3. The first kappa shape index (κ1) is 22.4. The van der Waals surface area contributed by atoms with Crippen LogP contribution in [0.1, 0.15) is 38.5 Å². The number of fused-ring (bicyclic) bond motifs is 1.